The minimum absolute atomic E-state index is 0.0592. The number of fused-ring (bicyclic) bond motifs is 1. The zero-order valence-electron chi connectivity index (χ0n) is 18.3. The fraction of sp³-hybridized carbons (Fsp3) is 0.409. The summed E-state index contributed by atoms with van der Waals surface area (Å²) in [6.07, 6.45) is 0.798. The van der Waals surface area contributed by atoms with Gasteiger partial charge < -0.3 is 19.9 Å². The van der Waals surface area contributed by atoms with E-state index in [2.05, 4.69) is 15.2 Å². The minimum Gasteiger partial charge on any atom is -0.466 e. The number of halogens is 2. The van der Waals surface area contributed by atoms with Crippen molar-refractivity contribution in [1.29, 1.82) is 0 Å². The van der Waals surface area contributed by atoms with Gasteiger partial charge in [0, 0.05) is 54.0 Å². The fourth-order valence-corrected chi connectivity index (χ4v) is 5.36. The summed E-state index contributed by atoms with van der Waals surface area (Å²) >= 11 is 7.80. The molecule has 3 atom stereocenters. The average Bonchev–Trinajstić information content (AvgIpc) is 3.49. The largest absolute Gasteiger partial charge is 0.466 e. The summed E-state index contributed by atoms with van der Waals surface area (Å²) in [5.74, 6) is -0.524. The van der Waals surface area contributed by atoms with Gasteiger partial charge in [-0.1, -0.05) is 17.7 Å². The van der Waals surface area contributed by atoms with Gasteiger partial charge in [-0.05, 0) is 12.1 Å². The summed E-state index contributed by atoms with van der Waals surface area (Å²) in [4.78, 5) is 26.2. The van der Waals surface area contributed by atoms with Gasteiger partial charge in [-0.15, -0.1) is 11.3 Å². The Hall–Kier alpha value is -2.41. The van der Waals surface area contributed by atoms with Crippen LogP contribution in [-0.2, 0) is 14.3 Å². The number of nitrogens with one attached hydrogen (secondary N) is 1. The van der Waals surface area contributed by atoms with E-state index in [-0.39, 0.29) is 11.1 Å². The van der Waals surface area contributed by atoms with Crippen LogP contribution in [0.25, 0.3) is 0 Å². The van der Waals surface area contributed by atoms with Crippen molar-refractivity contribution in [3.8, 4) is 0 Å². The van der Waals surface area contributed by atoms with Gasteiger partial charge in [0.2, 0.25) is 6.41 Å². The van der Waals surface area contributed by atoms with E-state index in [0.717, 1.165) is 0 Å². The monoisotopic (exact) mass is 507 g/mol. The van der Waals surface area contributed by atoms with E-state index in [4.69, 9.17) is 26.1 Å². The van der Waals surface area contributed by atoms with Gasteiger partial charge >= 0.3 is 5.97 Å². The molecule has 0 saturated carbocycles. The molecule has 0 amide bonds. The van der Waals surface area contributed by atoms with Crippen LogP contribution in [0.1, 0.15) is 16.6 Å². The molecule has 9 nitrogen and oxygen atoms in total. The number of ether oxygens (including phenoxy) is 2. The molecule has 2 aromatic rings. The topological polar surface area (TPSA) is 99.5 Å². The van der Waals surface area contributed by atoms with Crippen molar-refractivity contribution in [3.63, 3.8) is 0 Å². The molecule has 1 aromatic heterocycles. The summed E-state index contributed by atoms with van der Waals surface area (Å²) in [7, 11) is 1.31. The van der Waals surface area contributed by atoms with Crippen LogP contribution in [0.15, 0.2) is 46.0 Å². The number of hydrogen-bond acceptors (Lipinski definition) is 10. The molecule has 180 valence electrons. The minimum atomic E-state index is -0.876. The van der Waals surface area contributed by atoms with E-state index in [1.807, 2.05) is 10.3 Å². The number of aliphatic imine (C=N–C) groups is 1. The van der Waals surface area contributed by atoms with Crippen LogP contribution >= 0.6 is 22.9 Å². The lowest BCUT2D eigenvalue weighted by Gasteiger charge is -2.38. The molecular weight excluding hydrogens is 485 g/mol. The second-order valence-electron chi connectivity index (χ2n) is 8.18. The van der Waals surface area contributed by atoms with Crippen molar-refractivity contribution >= 4 is 34.7 Å². The lowest BCUT2D eigenvalue weighted by Crippen LogP contribution is -2.54. The molecule has 34 heavy (non-hydrogen) atoms. The molecule has 0 aliphatic carbocycles. The Morgan fingerprint density at radius 3 is 3.03 bits per heavy atom. The maximum atomic E-state index is 13.8. The van der Waals surface area contributed by atoms with Crippen LogP contribution in [0.3, 0.4) is 0 Å². The summed E-state index contributed by atoms with van der Waals surface area (Å²) in [5, 5.41) is 15.9. The summed E-state index contributed by atoms with van der Waals surface area (Å²) in [5.41, 5.74) is 1.42. The molecule has 1 unspecified atom stereocenters. The van der Waals surface area contributed by atoms with Crippen molar-refractivity contribution < 1.29 is 23.8 Å². The van der Waals surface area contributed by atoms with Crippen LogP contribution in [0.4, 0.5) is 4.39 Å². The first-order valence-corrected chi connectivity index (χ1v) is 12.0. The number of esters is 1. The lowest BCUT2D eigenvalue weighted by atomic mass is 9.95. The molecule has 2 saturated heterocycles. The van der Waals surface area contributed by atoms with Crippen molar-refractivity contribution in [2.45, 2.75) is 18.5 Å². The van der Waals surface area contributed by atoms with E-state index in [0.29, 0.717) is 60.5 Å². The zero-order valence-corrected chi connectivity index (χ0v) is 19.9. The van der Waals surface area contributed by atoms with Crippen molar-refractivity contribution in [2.24, 2.45) is 4.99 Å². The third-order valence-corrected chi connectivity index (χ3v) is 7.25. The molecule has 3 aliphatic rings. The highest BCUT2D eigenvalue weighted by Gasteiger charge is 2.39. The molecule has 12 heteroatoms. The second-order valence-corrected chi connectivity index (χ2v) is 9.48. The number of rotatable bonds is 5. The first-order valence-electron chi connectivity index (χ1n) is 10.7. The Kier molecular flexibility index (Phi) is 6.65. The number of aromatic nitrogens is 1. The lowest BCUT2D eigenvalue weighted by molar-refractivity contribution is -0.141. The number of carbonyl (C=O) groups excluding carboxylic acids is 1. The van der Waals surface area contributed by atoms with E-state index in [9.17, 15) is 14.3 Å². The smallest absolute Gasteiger partial charge is 0.338 e. The highest BCUT2D eigenvalue weighted by Crippen LogP contribution is 2.37. The third-order valence-electron chi connectivity index (χ3n) is 6.14. The Labute approximate surface area is 204 Å². The van der Waals surface area contributed by atoms with Gasteiger partial charge in [-0.3, -0.25) is 9.89 Å². The maximum Gasteiger partial charge on any atom is 0.338 e. The summed E-state index contributed by atoms with van der Waals surface area (Å²) < 4.78 is 24.3. The van der Waals surface area contributed by atoms with Crippen LogP contribution in [-0.4, -0.2) is 84.0 Å². The number of nitrogens with zero attached hydrogens (tertiary/aromatic N) is 4. The molecule has 2 N–H and O–H groups in total. The average molecular weight is 508 g/mol. The molecule has 0 spiro atoms. The van der Waals surface area contributed by atoms with Gasteiger partial charge in [0.25, 0.3) is 0 Å². The van der Waals surface area contributed by atoms with E-state index < -0.39 is 24.2 Å². The summed E-state index contributed by atoms with van der Waals surface area (Å²) in [6.45, 7) is 2.80. The van der Waals surface area contributed by atoms with E-state index in [1.165, 1.54) is 36.6 Å². The number of benzene rings is 1. The van der Waals surface area contributed by atoms with Crippen LogP contribution in [0.5, 0.6) is 0 Å². The normalized spacial score (nSPS) is 25.6. The Morgan fingerprint density at radius 1 is 1.44 bits per heavy atom. The molecular formula is C22H23ClFN5O4S. The standard InChI is InChI=1S/C22H23ClFN5O4S/c1-32-21(30)17-16(10-28-5-6-29-13(9-28)11-33-22(29)31)26-19(20-25-4-7-34-20)27-18(17)14-3-2-12(24)8-15(14)23/h2-4,7-8,13,18,22,31H,5-6,9-11H2,1H3,(H,26,27)/t13-,18+,22?/m1/s1. The SMILES string of the molecule is COC(=O)C1=C(CN2CCN3C(O)OC[C@H]3C2)NC(c2nccs2)=N[C@H]1c1ccc(F)cc1Cl. The Morgan fingerprint density at radius 2 is 2.29 bits per heavy atom. The van der Waals surface area contributed by atoms with Crippen molar-refractivity contribution in [1.82, 2.24) is 20.1 Å². The number of methoxy groups -OCH3 is 1. The van der Waals surface area contributed by atoms with Crippen LogP contribution in [0.2, 0.25) is 5.02 Å². The Balaban J connectivity index is 1.53. The van der Waals surface area contributed by atoms with Crippen molar-refractivity contribution in [2.75, 3.05) is 39.9 Å². The molecule has 1 aromatic carbocycles. The maximum absolute atomic E-state index is 13.8. The fourth-order valence-electron chi connectivity index (χ4n) is 4.50. The molecule has 4 heterocycles. The number of thiazole rings is 1. The first-order chi connectivity index (χ1) is 16.4. The molecule has 0 bridgehead atoms. The number of aliphatic hydroxyl groups excluding tert-OH is 1. The van der Waals surface area contributed by atoms with Crippen molar-refractivity contribution in [3.05, 3.63) is 62.5 Å². The molecule has 3 aliphatic heterocycles. The van der Waals surface area contributed by atoms with Gasteiger partial charge in [0.05, 0.1) is 25.3 Å². The zero-order chi connectivity index (χ0) is 23.8. The van der Waals surface area contributed by atoms with Gasteiger partial charge in [-0.25, -0.2) is 19.1 Å². The number of carbonyl (C=O) groups is 1. The van der Waals surface area contributed by atoms with E-state index >= 15 is 0 Å². The predicted molar refractivity (Wildman–Crippen MR) is 124 cm³/mol. The van der Waals surface area contributed by atoms with Crippen LogP contribution < -0.4 is 5.32 Å². The van der Waals surface area contributed by atoms with Crippen LogP contribution in [0, 0.1) is 5.82 Å². The summed E-state index contributed by atoms with van der Waals surface area (Å²) in [6, 6.07) is 3.29. The number of piperazine rings is 1. The quantitative estimate of drug-likeness (QED) is 0.591. The first kappa shape index (κ1) is 23.3. The highest BCUT2D eigenvalue weighted by molar-refractivity contribution is 7.11. The second kappa shape index (κ2) is 9.68. The van der Waals surface area contributed by atoms with Gasteiger partial charge in [0.1, 0.15) is 11.9 Å². The molecule has 2 fully saturated rings. The highest BCUT2D eigenvalue weighted by atomic mass is 35.5. The number of amidine groups is 1. The van der Waals surface area contributed by atoms with Gasteiger partial charge in [-0.2, -0.15) is 0 Å². The number of hydrogen-bond donors (Lipinski definition) is 2. The van der Waals surface area contributed by atoms with E-state index in [1.54, 1.807) is 6.20 Å². The molecule has 5 rings (SSSR count). The Bertz CT molecular complexity index is 1140. The third kappa shape index (κ3) is 4.47. The predicted octanol–water partition coefficient (Wildman–Crippen LogP) is 1.75. The molecule has 0 radical (unpaired) electrons. The number of aliphatic hydroxyl groups is 1. The van der Waals surface area contributed by atoms with Gasteiger partial charge in [0.15, 0.2) is 10.8 Å².